The zero-order valence-electron chi connectivity index (χ0n) is 21.6. The number of fused-ring (bicyclic) bond motifs is 1. The van der Waals surface area contributed by atoms with Gasteiger partial charge in [-0.25, -0.2) is 0 Å². The second-order valence-corrected chi connectivity index (χ2v) is 12.3. The highest BCUT2D eigenvalue weighted by molar-refractivity contribution is 8.04. The minimum atomic E-state index is -0.0352. The van der Waals surface area contributed by atoms with Crippen LogP contribution in [-0.4, -0.2) is 59.6 Å². The number of hydrogen-bond acceptors (Lipinski definition) is 4. The smallest absolute Gasteiger partial charge is 0.260 e. The third-order valence-corrected chi connectivity index (χ3v) is 10.1. The number of nitrogens with zero attached hydrogens (tertiary/aromatic N) is 2. The zero-order chi connectivity index (χ0) is 25.9. The van der Waals surface area contributed by atoms with Gasteiger partial charge in [0.1, 0.15) is 0 Å². The predicted octanol–water partition coefficient (Wildman–Crippen LogP) is 5.62. The van der Waals surface area contributed by atoms with E-state index in [1.165, 1.54) is 5.56 Å². The molecule has 0 spiro atoms. The number of nitrogens with one attached hydrogen (secondary N) is 1. The fourth-order valence-corrected chi connectivity index (χ4v) is 7.64. The molecule has 0 bridgehead atoms. The molecule has 7 heteroatoms. The van der Waals surface area contributed by atoms with Gasteiger partial charge in [0.05, 0.1) is 4.91 Å². The van der Waals surface area contributed by atoms with Gasteiger partial charge in [-0.2, -0.15) is 0 Å². The van der Waals surface area contributed by atoms with E-state index in [2.05, 4.69) is 47.5 Å². The molecule has 2 aliphatic heterocycles. The second-order valence-electron chi connectivity index (χ2n) is 10.7. The number of likely N-dealkylation sites (tertiary alicyclic amines) is 1. The van der Waals surface area contributed by atoms with Crippen LogP contribution in [0, 0.1) is 11.8 Å². The lowest BCUT2D eigenvalue weighted by molar-refractivity contribution is -0.132. The minimum absolute atomic E-state index is 0.0193. The molecule has 3 fully saturated rings. The summed E-state index contributed by atoms with van der Waals surface area (Å²) in [6.45, 7) is 5.08. The summed E-state index contributed by atoms with van der Waals surface area (Å²) in [5.41, 5.74) is 2.21. The minimum Gasteiger partial charge on any atom is -0.356 e. The monoisotopic (exact) mass is 537 g/mol. The van der Waals surface area contributed by atoms with Crippen molar-refractivity contribution in [3.63, 3.8) is 0 Å². The summed E-state index contributed by atoms with van der Waals surface area (Å²) >= 11 is 7.97. The van der Waals surface area contributed by atoms with Gasteiger partial charge in [0.15, 0.2) is 0 Å². The molecule has 0 radical (unpaired) electrons. The largest absolute Gasteiger partial charge is 0.356 e. The maximum atomic E-state index is 13.1. The van der Waals surface area contributed by atoms with Gasteiger partial charge in [0.2, 0.25) is 5.91 Å². The molecule has 1 saturated carbocycles. The van der Waals surface area contributed by atoms with Crippen LogP contribution in [0.15, 0.2) is 59.5 Å². The number of halogens is 1. The summed E-state index contributed by atoms with van der Waals surface area (Å²) in [5.74, 6) is 0.618. The van der Waals surface area contributed by atoms with Crippen LogP contribution in [-0.2, 0) is 9.59 Å². The number of amides is 2. The van der Waals surface area contributed by atoms with Crippen LogP contribution < -0.4 is 5.32 Å². The summed E-state index contributed by atoms with van der Waals surface area (Å²) in [5, 5.41) is 4.22. The van der Waals surface area contributed by atoms with E-state index in [9.17, 15) is 9.59 Å². The average Bonchev–Trinajstić information content (AvgIpc) is 3.40. The molecular weight excluding hydrogens is 502 g/mol. The fourth-order valence-electron chi connectivity index (χ4n) is 5.98. The highest BCUT2D eigenvalue weighted by atomic mass is 35.5. The number of carbonyl (C=O) groups excluding carboxylic acids is 2. The number of thioether (sulfide) groups is 1. The molecule has 5 nitrogen and oxygen atoms in total. The maximum absolute atomic E-state index is 13.1. The van der Waals surface area contributed by atoms with Gasteiger partial charge in [0.25, 0.3) is 5.91 Å². The van der Waals surface area contributed by atoms with Gasteiger partial charge >= 0.3 is 0 Å². The van der Waals surface area contributed by atoms with Crippen molar-refractivity contribution >= 4 is 41.3 Å². The summed E-state index contributed by atoms with van der Waals surface area (Å²) in [6.07, 6.45) is 5.54. The number of rotatable bonds is 6. The van der Waals surface area contributed by atoms with Gasteiger partial charge in [-0.15, -0.1) is 11.8 Å². The van der Waals surface area contributed by atoms with E-state index in [-0.39, 0.29) is 23.8 Å². The lowest BCUT2D eigenvalue weighted by Crippen LogP contribution is -2.52. The Hall–Kier alpha value is -2.28. The Kier molecular flexibility index (Phi) is 8.28. The SMILES string of the molecule is CC(c1ccccc1)N1CCC(CNC(=O)C2CCC3S/C(=C/c4ccccc4Cl)C(=O)N(C)C3C2)C1. The van der Waals surface area contributed by atoms with E-state index >= 15 is 0 Å². The molecule has 37 heavy (non-hydrogen) atoms. The highest BCUT2D eigenvalue weighted by Crippen LogP contribution is 2.43. The first-order chi connectivity index (χ1) is 17.9. The van der Waals surface area contributed by atoms with Crippen molar-refractivity contribution in [3.05, 3.63) is 75.7 Å². The Morgan fingerprint density at radius 2 is 1.89 bits per heavy atom. The van der Waals surface area contributed by atoms with Crippen LogP contribution >= 0.6 is 23.4 Å². The number of likely N-dealkylation sites (N-methyl/N-ethyl adjacent to an activating group) is 1. The first-order valence-corrected chi connectivity index (χ1v) is 14.6. The number of carbonyl (C=O) groups is 2. The third kappa shape index (κ3) is 5.92. The van der Waals surface area contributed by atoms with Crippen LogP contribution in [0.1, 0.15) is 49.8 Å². The topological polar surface area (TPSA) is 52.7 Å². The van der Waals surface area contributed by atoms with Crippen molar-refractivity contribution in [3.8, 4) is 0 Å². The van der Waals surface area contributed by atoms with Crippen LogP contribution in [0.2, 0.25) is 5.02 Å². The van der Waals surface area contributed by atoms with Gasteiger partial charge in [-0.05, 0) is 68.3 Å². The lowest BCUT2D eigenvalue weighted by Gasteiger charge is -2.44. The molecule has 5 unspecified atom stereocenters. The van der Waals surface area contributed by atoms with E-state index < -0.39 is 0 Å². The van der Waals surface area contributed by atoms with Gasteiger partial charge < -0.3 is 10.2 Å². The first-order valence-electron chi connectivity index (χ1n) is 13.4. The van der Waals surface area contributed by atoms with Gasteiger partial charge in [0, 0.05) is 48.4 Å². The van der Waals surface area contributed by atoms with Crippen molar-refractivity contribution in [2.24, 2.45) is 11.8 Å². The van der Waals surface area contributed by atoms with Crippen LogP contribution in [0.5, 0.6) is 0 Å². The Morgan fingerprint density at radius 3 is 2.68 bits per heavy atom. The molecular formula is C30H36ClN3O2S. The predicted molar refractivity (Wildman–Crippen MR) is 152 cm³/mol. The lowest BCUT2D eigenvalue weighted by atomic mass is 9.83. The molecule has 2 saturated heterocycles. The van der Waals surface area contributed by atoms with E-state index in [4.69, 9.17) is 11.6 Å². The third-order valence-electron chi connectivity index (χ3n) is 8.34. The van der Waals surface area contributed by atoms with Crippen molar-refractivity contribution in [1.29, 1.82) is 0 Å². The molecule has 1 aliphatic carbocycles. The quantitative estimate of drug-likeness (QED) is 0.486. The average molecular weight is 538 g/mol. The molecule has 3 aliphatic rings. The van der Waals surface area contributed by atoms with Crippen molar-refractivity contribution in [2.75, 3.05) is 26.7 Å². The first kappa shape index (κ1) is 26.3. The molecule has 2 aromatic carbocycles. The van der Waals surface area contributed by atoms with Crippen LogP contribution in [0.25, 0.3) is 6.08 Å². The Morgan fingerprint density at radius 1 is 1.14 bits per heavy atom. The standard InChI is InChI=1S/C30H36ClN3O2S/c1-20(22-8-4-3-5-9-22)34-15-14-21(19-34)18-32-29(35)24-12-13-27-26(16-24)33(2)30(36)28(37-27)17-23-10-6-7-11-25(23)31/h3-11,17,20-21,24,26-27H,12-16,18-19H2,1-2H3,(H,32,35)/b28-17+. The zero-order valence-corrected chi connectivity index (χ0v) is 23.2. The molecule has 2 amide bonds. The molecule has 2 aromatic rings. The van der Waals surface area contributed by atoms with Crippen molar-refractivity contribution < 1.29 is 9.59 Å². The van der Waals surface area contributed by atoms with Crippen LogP contribution in [0.4, 0.5) is 0 Å². The van der Waals surface area contributed by atoms with Crippen molar-refractivity contribution in [2.45, 2.75) is 49.9 Å². The molecule has 2 heterocycles. The van der Waals surface area contributed by atoms with E-state index in [0.29, 0.717) is 22.2 Å². The summed E-state index contributed by atoms with van der Waals surface area (Å²) in [7, 11) is 1.88. The summed E-state index contributed by atoms with van der Waals surface area (Å²) in [4.78, 5) is 31.4. The molecule has 196 valence electrons. The van der Waals surface area contributed by atoms with E-state index in [0.717, 1.165) is 55.8 Å². The normalized spacial score (nSPS) is 28.2. The van der Waals surface area contributed by atoms with E-state index in [1.54, 1.807) is 11.8 Å². The van der Waals surface area contributed by atoms with Crippen LogP contribution in [0.3, 0.4) is 0 Å². The Labute approximate surface area is 229 Å². The number of benzene rings is 2. The molecule has 5 rings (SSSR count). The Bertz CT molecular complexity index is 1160. The molecule has 5 atom stereocenters. The van der Waals surface area contributed by atoms with Gasteiger partial charge in [-0.3, -0.25) is 14.5 Å². The maximum Gasteiger partial charge on any atom is 0.260 e. The number of hydrogen-bond donors (Lipinski definition) is 1. The Balaban J connectivity index is 1.13. The molecule has 1 N–H and O–H groups in total. The second kappa shape index (κ2) is 11.6. The summed E-state index contributed by atoms with van der Waals surface area (Å²) in [6, 6.07) is 18.7. The fraction of sp³-hybridized carbons (Fsp3) is 0.467. The molecule has 0 aromatic heterocycles. The van der Waals surface area contributed by atoms with E-state index in [1.807, 2.05) is 42.3 Å². The summed E-state index contributed by atoms with van der Waals surface area (Å²) < 4.78 is 0. The highest BCUT2D eigenvalue weighted by Gasteiger charge is 2.43. The van der Waals surface area contributed by atoms with Gasteiger partial charge in [-0.1, -0.05) is 60.1 Å². The van der Waals surface area contributed by atoms with Crippen molar-refractivity contribution in [1.82, 2.24) is 15.1 Å².